The highest BCUT2D eigenvalue weighted by molar-refractivity contribution is 6.96. The Morgan fingerprint density at radius 1 is 0.531 bits per heavy atom. The summed E-state index contributed by atoms with van der Waals surface area (Å²) in [5, 5.41) is 1.62. The Labute approximate surface area is 195 Å². The Bertz CT molecular complexity index is 944. The summed E-state index contributed by atoms with van der Waals surface area (Å²) in [7, 11) is -3.44. The van der Waals surface area contributed by atoms with Crippen molar-refractivity contribution in [3.63, 3.8) is 0 Å². The topological polar surface area (TPSA) is 0 Å². The first kappa shape index (κ1) is 21.4. The van der Waals surface area contributed by atoms with Crippen molar-refractivity contribution in [2.75, 3.05) is 0 Å². The van der Waals surface area contributed by atoms with Gasteiger partial charge in [-0.25, -0.2) is 0 Å². The molecule has 0 spiro atoms. The summed E-state index contributed by atoms with van der Waals surface area (Å²) in [5.74, 6) is 0. The summed E-state index contributed by atoms with van der Waals surface area (Å²) >= 11 is 0. The average Bonchev–Trinajstić information content (AvgIpc) is 3.65. The molecule has 32 heavy (non-hydrogen) atoms. The molecule has 0 amide bonds. The molecular formula is C30H34Si2. The fourth-order valence-electron chi connectivity index (χ4n) is 6.44. The van der Waals surface area contributed by atoms with E-state index in [0.717, 1.165) is 0 Å². The van der Waals surface area contributed by atoms with Crippen molar-refractivity contribution in [1.29, 1.82) is 0 Å². The minimum Gasteiger partial charge on any atom is -0.0803 e. The molecule has 0 unspecified atom stereocenters. The lowest BCUT2D eigenvalue weighted by Crippen LogP contribution is -2.54. The first-order chi connectivity index (χ1) is 15.7. The van der Waals surface area contributed by atoms with Crippen LogP contribution in [0.3, 0.4) is 0 Å². The van der Waals surface area contributed by atoms with E-state index in [9.17, 15) is 0 Å². The maximum Gasteiger partial charge on any atom is 0.108 e. The lowest BCUT2D eigenvalue weighted by Gasteiger charge is -2.42. The van der Waals surface area contributed by atoms with Gasteiger partial charge in [0.15, 0.2) is 0 Å². The van der Waals surface area contributed by atoms with E-state index in [1.54, 1.807) is 5.19 Å². The number of hydrogen-bond donors (Lipinski definition) is 0. The van der Waals surface area contributed by atoms with Crippen LogP contribution in [-0.4, -0.2) is 16.1 Å². The molecule has 1 aromatic rings. The second-order valence-electron chi connectivity index (χ2n) is 9.95. The van der Waals surface area contributed by atoms with E-state index in [-0.39, 0.29) is 0 Å². The fraction of sp³-hybridized carbons (Fsp3) is 0.267. The Hall–Kier alpha value is -2.43. The largest absolute Gasteiger partial charge is 0.108 e. The van der Waals surface area contributed by atoms with E-state index < -0.39 is 16.1 Å². The van der Waals surface area contributed by atoms with E-state index in [1.165, 1.54) is 18.5 Å². The van der Waals surface area contributed by atoms with Gasteiger partial charge in [-0.2, -0.15) is 0 Å². The van der Waals surface area contributed by atoms with Crippen LogP contribution in [0.25, 0.3) is 0 Å². The lowest BCUT2D eigenvalue weighted by atomic mass is 10.4. The molecule has 162 valence electrons. The van der Waals surface area contributed by atoms with Crippen LogP contribution >= 0.6 is 0 Å². The van der Waals surface area contributed by atoms with Crippen LogP contribution in [0.15, 0.2) is 128 Å². The van der Waals surface area contributed by atoms with Crippen molar-refractivity contribution < 1.29 is 0 Å². The molecule has 0 fully saturated rings. The molecule has 0 atom stereocenters. The zero-order valence-electron chi connectivity index (χ0n) is 19.1. The minimum absolute atomic E-state index is 0.577. The minimum atomic E-state index is -1.88. The standard InChI is InChI=1S/C30H34Si2/c1-31(26-14-5-6-15-26,27-16-7-8-17-27)24-13-25-32(29-20-9-10-21-29,30-22-11-12-23-30)28-18-3-2-4-19-28/h2-12,14-23,26-27,29-30H,13,24-25H2,1H3. The summed E-state index contributed by atoms with van der Waals surface area (Å²) in [5.41, 5.74) is 2.47. The molecular weight excluding hydrogens is 417 g/mol. The third kappa shape index (κ3) is 3.80. The van der Waals surface area contributed by atoms with E-state index in [1.807, 2.05) is 0 Å². The van der Waals surface area contributed by atoms with Crippen LogP contribution in [0.5, 0.6) is 0 Å². The molecule has 0 bridgehead atoms. The van der Waals surface area contributed by atoms with Crippen LogP contribution in [0.1, 0.15) is 6.42 Å². The first-order valence-corrected chi connectivity index (χ1v) is 17.4. The summed E-state index contributed by atoms with van der Waals surface area (Å²) in [6, 6.07) is 14.3. The third-order valence-corrected chi connectivity index (χ3v) is 19.3. The molecule has 0 saturated heterocycles. The van der Waals surface area contributed by atoms with Gasteiger partial charge < -0.3 is 0 Å². The Morgan fingerprint density at radius 2 is 0.938 bits per heavy atom. The van der Waals surface area contributed by atoms with Gasteiger partial charge in [0.25, 0.3) is 0 Å². The zero-order chi connectivity index (χ0) is 21.9. The van der Waals surface area contributed by atoms with Gasteiger partial charge in [0, 0.05) is 0 Å². The normalized spacial score (nSPS) is 20.8. The van der Waals surface area contributed by atoms with Gasteiger partial charge >= 0.3 is 0 Å². The van der Waals surface area contributed by atoms with E-state index >= 15 is 0 Å². The second kappa shape index (κ2) is 9.21. The predicted octanol–water partition coefficient (Wildman–Crippen LogP) is 7.80. The summed E-state index contributed by atoms with van der Waals surface area (Å²) in [6.07, 6.45) is 39.3. The molecule has 0 saturated carbocycles. The number of benzene rings is 1. The van der Waals surface area contributed by atoms with E-state index in [4.69, 9.17) is 0 Å². The maximum absolute atomic E-state index is 2.65. The van der Waals surface area contributed by atoms with Gasteiger partial charge in [0.1, 0.15) is 8.07 Å². The quantitative estimate of drug-likeness (QED) is 0.337. The number of rotatable bonds is 9. The van der Waals surface area contributed by atoms with Crippen molar-refractivity contribution in [2.45, 2.75) is 47.2 Å². The van der Waals surface area contributed by atoms with E-state index in [2.05, 4.69) is 134 Å². The number of allylic oxidation sites excluding steroid dienone is 16. The maximum atomic E-state index is 2.65. The molecule has 0 heterocycles. The van der Waals surface area contributed by atoms with Crippen molar-refractivity contribution >= 4 is 21.3 Å². The smallest absolute Gasteiger partial charge is 0.0803 e. The predicted molar refractivity (Wildman–Crippen MR) is 146 cm³/mol. The van der Waals surface area contributed by atoms with Gasteiger partial charge in [0.2, 0.25) is 0 Å². The van der Waals surface area contributed by atoms with Crippen LogP contribution in [0.2, 0.25) is 40.8 Å². The van der Waals surface area contributed by atoms with Crippen molar-refractivity contribution in [1.82, 2.24) is 0 Å². The summed E-state index contributed by atoms with van der Waals surface area (Å²) in [6.45, 7) is 2.65. The van der Waals surface area contributed by atoms with Gasteiger partial charge in [-0.05, 0) is 22.2 Å². The van der Waals surface area contributed by atoms with Crippen molar-refractivity contribution in [3.05, 3.63) is 128 Å². The monoisotopic (exact) mass is 450 g/mol. The van der Waals surface area contributed by atoms with Crippen LogP contribution < -0.4 is 5.19 Å². The van der Waals surface area contributed by atoms with Gasteiger partial charge in [-0.3, -0.25) is 0 Å². The first-order valence-electron chi connectivity index (χ1n) is 12.2. The molecule has 4 aliphatic carbocycles. The third-order valence-electron chi connectivity index (χ3n) is 8.32. The Balaban J connectivity index is 1.46. The second-order valence-corrected chi connectivity index (χ2v) is 19.3. The molecule has 0 N–H and O–H groups in total. The Morgan fingerprint density at radius 3 is 1.38 bits per heavy atom. The highest BCUT2D eigenvalue weighted by atomic mass is 28.3. The molecule has 4 aliphatic rings. The summed E-state index contributed by atoms with van der Waals surface area (Å²) < 4.78 is 0. The SMILES string of the molecule is C[Si](CCC[Si](c1ccccc1)(C1C=CC=C1)C1C=CC=C1)(C1C=CC=C1)C1C=CC=C1. The molecule has 1 aromatic carbocycles. The molecule has 0 radical (unpaired) electrons. The molecule has 5 rings (SSSR count). The van der Waals surface area contributed by atoms with E-state index in [0.29, 0.717) is 22.2 Å². The van der Waals surface area contributed by atoms with Crippen molar-refractivity contribution in [3.8, 4) is 0 Å². The number of hydrogen-bond acceptors (Lipinski definition) is 0. The van der Waals surface area contributed by atoms with Gasteiger partial charge in [-0.1, -0.05) is 158 Å². The fourth-order valence-corrected chi connectivity index (χ4v) is 16.6. The lowest BCUT2D eigenvalue weighted by molar-refractivity contribution is 0.946. The zero-order valence-corrected chi connectivity index (χ0v) is 21.1. The highest BCUT2D eigenvalue weighted by Gasteiger charge is 2.47. The molecule has 0 aliphatic heterocycles. The van der Waals surface area contributed by atoms with Crippen LogP contribution in [0, 0.1) is 0 Å². The van der Waals surface area contributed by atoms with Gasteiger partial charge in [-0.15, -0.1) is 0 Å². The molecule has 0 nitrogen and oxygen atoms in total. The average molecular weight is 451 g/mol. The summed E-state index contributed by atoms with van der Waals surface area (Å²) in [4.78, 5) is 0. The van der Waals surface area contributed by atoms with Gasteiger partial charge in [0.05, 0.1) is 8.07 Å². The van der Waals surface area contributed by atoms with Crippen LogP contribution in [-0.2, 0) is 0 Å². The highest BCUT2D eigenvalue weighted by Crippen LogP contribution is 2.48. The van der Waals surface area contributed by atoms with Crippen LogP contribution in [0.4, 0.5) is 0 Å². The molecule has 0 aromatic heterocycles. The Kier molecular flexibility index (Phi) is 6.16. The molecule has 2 heteroatoms. The van der Waals surface area contributed by atoms with Crippen molar-refractivity contribution in [2.24, 2.45) is 0 Å².